The lowest BCUT2D eigenvalue weighted by molar-refractivity contribution is 0.0952. The number of carbonyl (C=O) groups is 1. The lowest BCUT2D eigenvalue weighted by Crippen LogP contribution is -2.23. The summed E-state index contributed by atoms with van der Waals surface area (Å²) in [6.07, 6.45) is 3.64. The van der Waals surface area contributed by atoms with Gasteiger partial charge in [-0.15, -0.1) is 11.3 Å². The number of nitrogens with one attached hydrogen (secondary N) is 1. The molecule has 104 valence electrons. The number of fused-ring (bicyclic) bond motifs is 1. The zero-order chi connectivity index (χ0) is 14.1. The minimum atomic E-state index is -0.122. The Morgan fingerprint density at radius 2 is 2.20 bits per heavy atom. The SMILES string of the molecule is Nc1cc(Br)ccc1C(=O)NCc1cc2c(s1)CCC2. The molecule has 0 saturated heterocycles. The van der Waals surface area contributed by atoms with Crippen LogP contribution in [0.15, 0.2) is 28.7 Å². The highest BCUT2D eigenvalue weighted by atomic mass is 79.9. The number of aryl methyl sites for hydroxylation is 2. The largest absolute Gasteiger partial charge is 0.398 e. The second-order valence-corrected chi connectivity index (χ2v) is 7.07. The van der Waals surface area contributed by atoms with Gasteiger partial charge in [0, 0.05) is 19.9 Å². The molecule has 3 rings (SSSR count). The zero-order valence-corrected chi connectivity index (χ0v) is 13.3. The quantitative estimate of drug-likeness (QED) is 0.832. The molecule has 0 unspecified atom stereocenters. The molecule has 0 bridgehead atoms. The first-order valence-electron chi connectivity index (χ1n) is 6.57. The molecule has 0 radical (unpaired) electrons. The van der Waals surface area contributed by atoms with Crippen molar-refractivity contribution in [1.29, 1.82) is 0 Å². The maximum Gasteiger partial charge on any atom is 0.253 e. The van der Waals surface area contributed by atoms with Crippen molar-refractivity contribution in [3.05, 3.63) is 49.6 Å². The summed E-state index contributed by atoms with van der Waals surface area (Å²) in [5, 5.41) is 2.94. The number of nitrogens with two attached hydrogens (primary N) is 1. The average Bonchev–Trinajstić information content (AvgIpc) is 2.96. The number of thiophene rings is 1. The van der Waals surface area contributed by atoms with Crippen LogP contribution >= 0.6 is 27.3 Å². The van der Waals surface area contributed by atoms with Crippen LogP contribution in [0.4, 0.5) is 5.69 Å². The van der Waals surface area contributed by atoms with Gasteiger partial charge in [-0.1, -0.05) is 15.9 Å². The van der Waals surface area contributed by atoms with E-state index < -0.39 is 0 Å². The summed E-state index contributed by atoms with van der Waals surface area (Å²) in [5.74, 6) is -0.122. The molecular formula is C15H15BrN2OS. The van der Waals surface area contributed by atoms with Crippen LogP contribution in [0.25, 0.3) is 0 Å². The number of amides is 1. The van der Waals surface area contributed by atoms with E-state index in [2.05, 4.69) is 27.3 Å². The third kappa shape index (κ3) is 2.74. The van der Waals surface area contributed by atoms with Crippen LogP contribution in [0.5, 0.6) is 0 Å². The Bertz CT molecular complexity index is 644. The molecule has 1 heterocycles. The Hall–Kier alpha value is -1.33. The van der Waals surface area contributed by atoms with Gasteiger partial charge < -0.3 is 11.1 Å². The van der Waals surface area contributed by atoms with Gasteiger partial charge in [0.25, 0.3) is 5.91 Å². The number of carbonyl (C=O) groups excluding carboxylic acids is 1. The predicted molar refractivity (Wildman–Crippen MR) is 86.1 cm³/mol. The van der Waals surface area contributed by atoms with E-state index in [1.807, 2.05) is 17.4 Å². The summed E-state index contributed by atoms with van der Waals surface area (Å²) in [5.41, 5.74) is 8.34. The summed E-state index contributed by atoms with van der Waals surface area (Å²) in [6.45, 7) is 0.575. The van der Waals surface area contributed by atoms with E-state index in [0.717, 1.165) is 4.47 Å². The normalized spacial score (nSPS) is 13.2. The summed E-state index contributed by atoms with van der Waals surface area (Å²) in [6, 6.07) is 7.53. The number of benzene rings is 1. The molecule has 0 fully saturated rings. The Morgan fingerprint density at radius 1 is 1.35 bits per heavy atom. The molecule has 1 aromatic carbocycles. The number of halogens is 1. The molecule has 1 amide bonds. The highest BCUT2D eigenvalue weighted by Crippen LogP contribution is 2.30. The van der Waals surface area contributed by atoms with Crippen LogP contribution < -0.4 is 11.1 Å². The third-order valence-electron chi connectivity index (χ3n) is 3.48. The van der Waals surface area contributed by atoms with E-state index in [4.69, 9.17) is 5.73 Å². The van der Waals surface area contributed by atoms with Crippen molar-refractivity contribution in [2.75, 3.05) is 5.73 Å². The van der Waals surface area contributed by atoms with Gasteiger partial charge in [-0.25, -0.2) is 0 Å². The summed E-state index contributed by atoms with van der Waals surface area (Å²) in [7, 11) is 0. The molecule has 0 aliphatic heterocycles. The van der Waals surface area contributed by atoms with E-state index >= 15 is 0 Å². The van der Waals surface area contributed by atoms with Crippen LogP contribution in [0.3, 0.4) is 0 Å². The molecule has 1 aliphatic rings. The zero-order valence-electron chi connectivity index (χ0n) is 10.9. The van der Waals surface area contributed by atoms with Gasteiger partial charge in [0.15, 0.2) is 0 Å². The maximum atomic E-state index is 12.1. The number of rotatable bonds is 3. The Kier molecular flexibility index (Phi) is 3.81. The Labute approximate surface area is 130 Å². The minimum Gasteiger partial charge on any atom is -0.398 e. The second-order valence-electron chi connectivity index (χ2n) is 4.93. The first-order chi connectivity index (χ1) is 9.63. The van der Waals surface area contributed by atoms with E-state index in [9.17, 15) is 4.79 Å². The van der Waals surface area contributed by atoms with Gasteiger partial charge in [0.1, 0.15) is 0 Å². The van der Waals surface area contributed by atoms with Crippen LogP contribution in [-0.4, -0.2) is 5.91 Å². The third-order valence-corrected chi connectivity index (χ3v) is 5.21. The van der Waals surface area contributed by atoms with Gasteiger partial charge in [-0.2, -0.15) is 0 Å². The number of hydrogen-bond donors (Lipinski definition) is 2. The van der Waals surface area contributed by atoms with E-state index in [0.29, 0.717) is 17.8 Å². The van der Waals surface area contributed by atoms with Crippen molar-refractivity contribution >= 4 is 38.9 Å². The maximum absolute atomic E-state index is 12.1. The van der Waals surface area contributed by atoms with Crippen molar-refractivity contribution in [3.63, 3.8) is 0 Å². The molecule has 0 saturated carbocycles. The summed E-state index contributed by atoms with van der Waals surface area (Å²) < 4.78 is 0.876. The Balaban J connectivity index is 1.66. The van der Waals surface area contributed by atoms with Gasteiger partial charge in [0.2, 0.25) is 0 Å². The van der Waals surface area contributed by atoms with E-state index in [1.54, 1.807) is 12.1 Å². The van der Waals surface area contributed by atoms with Crippen molar-refractivity contribution in [2.45, 2.75) is 25.8 Å². The highest BCUT2D eigenvalue weighted by molar-refractivity contribution is 9.10. The summed E-state index contributed by atoms with van der Waals surface area (Å²) >= 11 is 5.15. The van der Waals surface area contributed by atoms with E-state index in [-0.39, 0.29) is 5.91 Å². The fourth-order valence-electron chi connectivity index (χ4n) is 2.48. The van der Waals surface area contributed by atoms with Gasteiger partial charge in [-0.3, -0.25) is 4.79 Å². The number of anilines is 1. The smallest absolute Gasteiger partial charge is 0.253 e. The van der Waals surface area contributed by atoms with Crippen molar-refractivity contribution in [2.24, 2.45) is 0 Å². The average molecular weight is 351 g/mol. The number of hydrogen-bond acceptors (Lipinski definition) is 3. The molecule has 3 nitrogen and oxygen atoms in total. The molecule has 0 spiro atoms. The van der Waals surface area contributed by atoms with Crippen molar-refractivity contribution in [1.82, 2.24) is 5.32 Å². The van der Waals surface area contributed by atoms with Gasteiger partial charge in [-0.05, 0) is 49.1 Å². The highest BCUT2D eigenvalue weighted by Gasteiger charge is 2.15. The van der Waals surface area contributed by atoms with Crippen molar-refractivity contribution < 1.29 is 4.79 Å². The molecule has 20 heavy (non-hydrogen) atoms. The first kappa shape index (κ1) is 13.6. The lowest BCUT2D eigenvalue weighted by Gasteiger charge is -2.07. The standard InChI is InChI=1S/C15H15BrN2OS/c16-10-4-5-12(13(17)7-10)15(19)18-8-11-6-9-2-1-3-14(9)20-11/h4-7H,1-3,8,17H2,(H,18,19). The summed E-state index contributed by atoms with van der Waals surface area (Å²) in [4.78, 5) is 14.8. The molecule has 2 aromatic rings. The first-order valence-corrected chi connectivity index (χ1v) is 8.18. The molecule has 0 atom stereocenters. The molecular weight excluding hydrogens is 336 g/mol. The molecule has 5 heteroatoms. The molecule has 1 aliphatic carbocycles. The van der Waals surface area contributed by atoms with Crippen LogP contribution in [0, 0.1) is 0 Å². The fourth-order valence-corrected chi connectivity index (χ4v) is 4.06. The second kappa shape index (κ2) is 5.58. The van der Waals surface area contributed by atoms with Gasteiger partial charge in [0.05, 0.1) is 12.1 Å². The minimum absolute atomic E-state index is 0.122. The fraction of sp³-hybridized carbons (Fsp3) is 0.267. The van der Waals surface area contributed by atoms with Crippen LogP contribution in [0.1, 0.15) is 32.1 Å². The van der Waals surface area contributed by atoms with Crippen LogP contribution in [-0.2, 0) is 19.4 Å². The monoisotopic (exact) mass is 350 g/mol. The Morgan fingerprint density at radius 3 is 2.95 bits per heavy atom. The lowest BCUT2D eigenvalue weighted by atomic mass is 10.1. The molecule has 1 aromatic heterocycles. The number of nitrogen functional groups attached to an aromatic ring is 1. The van der Waals surface area contributed by atoms with Gasteiger partial charge >= 0.3 is 0 Å². The predicted octanol–water partition coefficient (Wildman–Crippen LogP) is 3.51. The van der Waals surface area contributed by atoms with Crippen LogP contribution in [0.2, 0.25) is 0 Å². The van der Waals surface area contributed by atoms with Crippen molar-refractivity contribution in [3.8, 4) is 0 Å². The van der Waals surface area contributed by atoms with E-state index in [1.165, 1.54) is 34.6 Å². The molecule has 3 N–H and O–H groups in total. The topological polar surface area (TPSA) is 55.1 Å².